The number of nitrogens with zero attached hydrogens (tertiary/aromatic N) is 2. The molecule has 0 bridgehead atoms. The fourth-order valence-corrected chi connectivity index (χ4v) is 4.07. The summed E-state index contributed by atoms with van der Waals surface area (Å²) in [6.07, 6.45) is 5.30. The van der Waals surface area contributed by atoms with Crippen molar-refractivity contribution in [3.63, 3.8) is 0 Å². The Bertz CT molecular complexity index is 1340. The van der Waals surface area contributed by atoms with Crippen LogP contribution in [0.1, 0.15) is 28.2 Å². The molecule has 39 heavy (non-hydrogen) atoms. The van der Waals surface area contributed by atoms with E-state index in [0.29, 0.717) is 41.1 Å². The zero-order valence-electron chi connectivity index (χ0n) is 20.4. The van der Waals surface area contributed by atoms with Gasteiger partial charge in [0, 0.05) is 30.8 Å². The lowest BCUT2D eigenvalue weighted by Crippen LogP contribution is -2.24. The highest BCUT2D eigenvalue weighted by atomic mass is 19.3. The van der Waals surface area contributed by atoms with Gasteiger partial charge in [-0.05, 0) is 65.4 Å². The molecule has 0 spiro atoms. The molecule has 2 aromatic carbocycles. The number of benzene rings is 2. The largest absolute Gasteiger partial charge is 0.619 e. The molecular formula is C28H24F5N3O3. The first kappa shape index (κ1) is 27.6. The van der Waals surface area contributed by atoms with Gasteiger partial charge in [-0.1, -0.05) is 24.3 Å². The van der Waals surface area contributed by atoms with E-state index in [2.05, 4.69) is 19.8 Å². The highest BCUT2D eigenvalue weighted by Gasteiger charge is 2.21. The Kier molecular flexibility index (Phi) is 9.14. The molecule has 6 nitrogen and oxygen atoms in total. The predicted molar refractivity (Wildman–Crippen MR) is 133 cm³/mol. The maximum absolute atomic E-state index is 13.1. The lowest BCUT2D eigenvalue weighted by atomic mass is 9.87. The summed E-state index contributed by atoms with van der Waals surface area (Å²) in [4.78, 5) is 4.45. The number of alkyl halides is 4. The maximum atomic E-state index is 13.1. The zero-order chi connectivity index (χ0) is 27.8. The molecule has 0 saturated carbocycles. The minimum atomic E-state index is -3.25. The summed E-state index contributed by atoms with van der Waals surface area (Å²) in [7, 11) is 0. The molecule has 0 fully saturated rings. The predicted octanol–water partition coefficient (Wildman–Crippen LogP) is 6.09. The van der Waals surface area contributed by atoms with Crippen molar-refractivity contribution in [2.24, 2.45) is 0 Å². The van der Waals surface area contributed by atoms with Crippen LogP contribution in [0.3, 0.4) is 0 Å². The Balaban J connectivity index is 1.57. The van der Waals surface area contributed by atoms with Crippen molar-refractivity contribution in [2.45, 2.75) is 32.0 Å². The zero-order valence-corrected chi connectivity index (χ0v) is 20.4. The van der Waals surface area contributed by atoms with Crippen LogP contribution < -0.4 is 19.5 Å². The number of ether oxygens (including phenoxy) is 2. The van der Waals surface area contributed by atoms with Gasteiger partial charge < -0.3 is 20.0 Å². The first-order valence-electron chi connectivity index (χ1n) is 11.9. The van der Waals surface area contributed by atoms with Gasteiger partial charge in [-0.2, -0.15) is 22.3 Å². The van der Waals surface area contributed by atoms with Gasteiger partial charge in [0.25, 0.3) is 0 Å². The number of nitrogens with one attached hydrogen (secondary N) is 1. The normalized spacial score (nSPS) is 12.0. The number of halogens is 5. The van der Waals surface area contributed by atoms with Gasteiger partial charge in [0.1, 0.15) is 11.6 Å². The van der Waals surface area contributed by atoms with Crippen LogP contribution in [0.2, 0.25) is 0 Å². The molecule has 0 radical (unpaired) electrons. The van der Waals surface area contributed by atoms with E-state index in [-0.39, 0.29) is 5.82 Å². The molecule has 11 heteroatoms. The fraction of sp³-hybridized carbons (Fsp3) is 0.214. The van der Waals surface area contributed by atoms with Crippen molar-refractivity contribution in [3.05, 3.63) is 119 Å². The van der Waals surface area contributed by atoms with Crippen LogP contribution >= 0.6 is 0 Å². The van der Waals surface area contributed by atoms with E-state index in [1.54, 1.807) is 36.5 Å². The molecule has 4 rings (SSSR count). The Morgan fingerprint density at radius 3 is 2.10 bits per heavy atom. The molecule has 204 valence electrons. The van der Waals surface area contributed by atoms with Crippen LogP contribution in [0.4, 0.5) is 27.8 Å². The summed E-state index contributed by atoms with van der Waals surface area (Å²) >= 11 is 0. The smallest absolute Gasteiger partial charge is 0.387 e. The molecule has 0 saturated heterocycles. The van der Waals surface area contributed by atoms with Gasteiger partial charge in [-0.25, -0.2) is 9.37 Å². The van der Waals surface area contributed by atoms with Crippen molar-refractivity contribution < 1.29 is 36.2 Å². The maximum Gasteiger partial charge on any atom is 0.387 e. The summed E-state index contributed by atoms with van der Waals surface area (Å²) in [6, 6.07) is 16.9. The SMILES string of the molecule is [O-][n+]1ccc(CC(c2ccc(NCCc3ccc(F)cc3)nc2)c2ccc(OC(F)F)c(OC(F)F)c2)cc1. The Morgan fingerprint density at radius 1 is 0.795 bits per heavy atom. The van der Waals surface area contributed by atoms with Crippen LogP contribution in [0.25, 0.3) is 0 Å². The first-order valence-corrected chi connectivity index (χ1v) is 11.9. The molecule has 0 aliphatic carbocycles. The highest BCUT2D eigenvalue weighted by molar-refractivity contribution is 5.47. The van der Waals surface area contributed by atoms with Gasteiger partial charge in [-0.3, -0.25) is 0 Å². The topological polar surface area (TPSA) is 70.3 Å². The number of aromatic nitrogens is 2. The first-order chi connectivity index (χ1) is 18.8. The van der Waals surface area contributed by atoms with E-state index in [1.165, 1.54) is 36.7 Å². The molecule has 4 aromatic rings. The van der Waals surface area contributed by atoms with E-state index in [4.69, 9.17) is 0 Å². The van der Waals surface area contributed by atoms with Gasteiger partial charge in [0.15, 0.2) is 23.9 Å². The molecule has 2 aromatic heterocycles. The average Bonchev–Trinajstić information content (AvgIpc) is 2.90. The standard InChI is InChI=1S/C28H24F5N3O3/c29-22-5-1-18(2-6-22)9-12-34-26-8-4-21(17-35-26)23(15-19-10-13-36(37)14-11-19)20-3-7-24(38-27(30)31)25(16-20)39-28(32)33/h1-8,10-11,13-14,16-17,23,27-28H,9,12,15H2,(H,34,35). The summed E-state index contributed by atoms with van der Waals surface area (Å²) < 4.78 is 74.2. The van der Waals surface area contributed by atoms with Gasteiger partial charge in [0.2, 0.25) is 0 Å². The van der Waals surface area contributed by atoms with Crippen molar-refractivity contribution >= 4 is 5.82 Å². The highest BCUT2D eigenvalue weighted by Crippen LogP contribution is 2.37. The van der Waals surface area contributed by atoms with Gasteiger partial charge in [0.05, 0.1) is 0 Å². The van der Waals surface area contributed by atoms with E-state index in [9.17, 15) is 27.2 Å². The Morgan fingerprint density at radius 2 is 1.46 bits per heavy atom. The number of hydrogen-bond acceptors (Lipinski definition) is 5. The molecule has 0 aliphatic rings. The Hall–Kier alpha value is -4.41. The Labute approximate surface area is 221 Å². The second-order valence-corrected chi connectivity index (χ2v) is 8.57. The molecule has 0 aliphatic heterocycles. The fourth-order valence-electron chi connectivity index (χ4n) is 4.07. The number of rotatable bonds is 12. The monoisotopic (exact) mass is 545 g/mol. The lowest BCUT2D eigenvalue weighted by Gasteiger charge is -2.20. The van der Waals surface area contributed by atoms with Crippen LogP contribution in [0.15, 0.2) is 85.3 Å². The van der Waals surface area contributed by atoms with Crippen molar-refractivity contribution in [2.75, 3.05) is 11.9 Å². The summed E-state index contributed by atoms with van der Waals surface area (Å²) in [6.45, 7) is -5.91. The number of pyridine rings is 2. The molecule has 1 unspecified atom stereocenters. The van der Waals surface area contributed by atoms with Crippen molar-refractivity contribution in [1.29, 1.82) is 0 Å². The van der Waals surface area contributed by atoms with Gasteiger partial charge >= 0.3 is 13.2 Å². The molecule has 2 heterocycles. The van der Waals surface area contributed by atoms with Gasteiger partial charge in [-0.15, -0.1) is 0 Å². The van der Waals surface area contributed by atoms with Crippen LogP contribution in [0, 0.1) is 11.0 Å². The second-order valence-electron chi connectivity index (χ2n) is 8.57. The average molecular weight is 546 g/mol. The lowest BCUT2D eigenvalue weighted by molar-refractivity contribution is -0.605. The molecular weight excluding hydrogens is 521 g/mol. The van der Waals surface area contributed by atoms with Crippen LogP contribution in [0.5, 0.6) is 11.5 Å². The summed E-state index contributed by atoms with van der Waals surface area (Å²) in [5.41, 5.74) is 2.94. The quantitative estimate of drug-likeness (QED) is 0.133. The van der Waals surface area contributed by atoms with Crippen molar-refractivity contribution in [1.82, 2.24) is 4.98 Å². The van der Waals surface area contributed by atoms with E-state index in [1.807, 2.05) is 6.07 Å². The number of hydrogen-bond donors (Lipinski definition) is 1. The molecule has 1 atom stereocenters. The van der Waals surface area contributed by atoms with Crippen molar-refractivity contribution in [3.8, 4) is 11.5 Å². The third-order valence-corrected chi connectivity index (χ3v) is 5.93. The molecule has 1 N–H and O–H groups in total. The summed E-state index contributed by atoms with van der Waals surface area (Å²) in [5, 5.41) is 14.7. The van der Waals surface area contributed by atoms with Crippen LogP contribution in [-0.2, 0) is 12.8 Å². The minimum absolute atomic E-state index is 0.301. The van der Waals surface area contributed by atoms with E-state index >= 15 is 0 Å². The van der Waals surface area contributed by atoms with E-state index < -0.39 is 30.6 Å². The third-order valence-electron chi connectivity index (χ3n) is 5.93. The molecule has 0 amide bonds. The number of anilines is 1. The van der Waals surface area contributed by atoms with Crippen LogP contribution in [-0.4, -0.2) is 24.8 Å². The summed E-state index contributed by atoms with van der Waals surface area (Å²) in [5.74, 6) is -1.20. The second kappa shape index (κ2) is 12.9. The van der Waals surface area contributed by atoms with E-state index in [0.717, 1.165) is 17.2 Å². The third kappa shape index (κ3) is 8.03. The minimum Gasteiger partial charge on any atom is -0.619 e.